The average Bonchev–Trinajstić information content (AvgIpc) is 2.89. The van der Waals surface area contributed by atoms with Crippen molar-refractivity contribution in [2.45, 2.75) is 19.0 Å². The Morgan fingerprint density at radius 3 is 3.05 bits per heavy atom. The van der Waals surface area contributed by atoms with Gasteiger partial charge in [-0.15, -0.1) is 0 Å². The highest BCUT2D eigenvalue weighted by Crippen LogP contribution is 2.21. The highest BCUT2D eigenvalue weighted by molar-refractivity contribution is 5.74. The van der Waals surface area contributed by atoms with E-state index in [1.54, 1.807) is 19.2 Å². The van der Waals surface area contributed by atoms with Gasteiger partial charge in [0.25, 0.3) is 0 Å². The third kappa shape index (κ3) is 3.75. The molecule has 104 valence electrons. The summed E-state index contributed by atoms with van der Waals surface area (Å²) in [5.74, 6) is 0.635. The summed E-state index contributed by atoms with van der Waals surface area (Å²) in [7, 11) is 1.57. The van der Waals surface area contributed by atoms with Gasteiger partial charge in [0.15, 0.2) is 0 Å². The molecule has 6 nitrogen and oxygen atoms in total. The summed E-state index contributed by atoms with van der Waals surface area (Å²) < 4.78 is 10.3. The Morgan fingerprint density at radius 2 is 2.42 bits per heavy atom. The number of rotatable bonds is 4. The first kappa shape index (κ1) is 13.5. The van der Waals surface area contributed by atoms with E-state index in [9.17, 15) is 4.79 Å². The first-order valence-corrected chi connectivity index (χ1v) is 6.23. The van der Waals surface area contributed by atoms with Crippen LogP contribution in [-0.2, 0) is 11.3 Å². The molecular formula is C13H19N3O3. The van der Waals surface area contributed by atoms with Gasteiger partial charge >= 0.3 is 6.03 Å². The van der Waals surface area contributed by atoms with Gasteiger partial charge in [0.2, 0.25) is 0 Å². The van der Waals surface area contributed by atoms with Crippen LogP contribution in [-0.4, -0.2) is 32.4 Å². The maximum atomic E-state index is 11.6. The van der Waals surface area contributed by atoms with Crippen LogP contribution in [0.15, 0.2) is 18.2 Å². The minimum absolute atomic E-state index is 0.112. The van der Waals surface area contributed by atoms with E-state index in [1.807, 2.05) is 6.07 Å². The minimum atomic E-state index is -0.190. The van der Waals surface area contributed by atoms with Crippen LogP contribution >= 0.6 is 0 Å². The molecule has 0 radical (unpaired) electrons. The normalized spacial score (nSPS) is 18.1. The van der Waals surface area contributed by atoms with E-state index in [4.69, 9.17) is 15.2 Å². The molecule has 1 aliphatic rings. The van der Waals surface area contributed by atoms with Gasteiger partial charge in [-0.05, 0) is 24.1 Å². The van der Waals surface area contributed by atoms with Crippen LogP contribution in [0.2, 0.25) is 0 Å². The van der Waals surface area contributed by atoms with E-state index in [2.05, 4.69) is 10.6 Å². The van der Waals surface area contributed by atoms with Crippen molar-refractivity contribution in [3.05, 3.63) is 23.8 Å². The molecule has 0 aliphatic carbocycles. The van der Waals surface area contributed by atoms with Crippen LogP contribution in [0, 0.1) is 0 Å². The van der Waals surface area contributed by atoms with Gasteiger partial charge in [0.05, 0.1) is 25.4 Å². The number of anilines is 1. The molecule has 19 heavy (non-hydrogen) atoms. The van der Waals surface area contributed by atoms with Crippen molar-refractivity contribution < 1.29 is 14.3 Å². The lowest BCUT2D eigenvalue weighted by atomic mass is 10.2. The number of carbonyl (C=O) groups excluding carboxylic acids is 1. The molecule has 1 saturated heterocycles. The summed E-state index contributed by atoms with van der Waals surface area (Å²) in [5.41, 5.74) is 7.29. The summed E-state index contributed by atoms with van der Waals surface area (Å²) in [6.45, 7) is 1.72. The Kier molecular flexibility index (Phi) is 4.46. The summed E-state index contributed by atoms with van der Waals surface area (Å²) in [6, 6.07) is 5.37. The second-order valence-corrected chi connectivity index (χ2v) is 4.46. The number of carbonyl (C=O) groups is 1. The molecule has 4 N–H and O–H groups in total. The lowest BCUT2D eigenvalue weighted by Gasteiger charge is -2.12. The van der Waals surface area contributed by atoms with E-state index in [0.29, 0.717) is 31.2 Å². The number of methoxy groups -OCH3 is 1. The van der Waals surface area contributed by atoms with E-state index >= 15 is 0 Å². The van der Waals surface area contributed by atoms with Gasteiger partial charge in [0, 0.05) is 13.2 Å². The van der Waals surface area contributed by atoms with Crippen molar-refractivity contribution in [3.8, 4) is 5.75 Å². The fourth-order valence-corrected chi connectivity index (χ4v) is 1.96. The molecule has 1 fully saturated rings. The summed E-state index contributed by atoms with van der Waals surface area (Å²) in [6.07, 6.45) is 0.864. The predicted molar refractivity (Wildman–Crippen MR) is 72.0 cm³/mol. The summed E-state index contributed by atoms with van der Waals surface area (Å²) in [4.78, 5) is 11.6. The van der Waals surface area contributed by atoms with Gasteiger partial charge in [-0.25, -0.2) is 4.79 Å². The SMILES string of the molecule is COc1ccc(CNC(=O)NC2CCOC2)cc1N. The van der Waals surface area contributed by atoms with E-state index in [1.165, 1.54) is 0 Å². The number of hydrogen-bond donors (Lipinski definition) is 3. The van der Waals surface area contributed by atoms with Crippen LogP contribution in [0.1, 0.15) is 12.0 Å². The number of hydrogen-bond acceptors (Lipinski definition) is 4. The number of benzene rings is 1. The number of nitrogens with two attached hydrogens (primary N) is 1. The first-order chi connectivity index (χ1) is 9.19. The Bertz CT molecular complexity index is 445. The Labute approximate surface area is 112 Å². The number of nitrogens with one attached hydrogen (secondary N) is 2. The van der Waals surface area contributed by atoms with Crippen molar-refractivity contribution in [3.63, 3.8) is 0 Å². The smallest absolute Gasteiger partial charge is 0.315 e. The Balaban J connectivity index is 1.81. The van der Waals surface area contributed by atoms with E-state index in [0.717, 1.165) is 12.0 Å². The van der Waals surface area contributed by atoms with Crippen LogP contribution < -0.4 is 21.1 Å². The van der Waals surface area contributed by atoms with Crippen LogP contribution in [0.5, 0.6) is 5.75 Å². The topological polar surface area (TPSA) is 85.6 Å². The van der Waals surface area contributed by atoms with Gasteiger partial charge in [0.1, 0.15) is 5.75 Å². The lowest BCUT2D eigenvalue weighted by molar-refractivity contribution is 0.188. The third-order valence-corrected chi connectivity index (χ3v) is 3.01. The quantitative estimate of drug-likeness (QED) is 0.705. The second-order valence-electron chi connectivity index (χ2n) is 4.46. The predicted octanol–water partition coefficient (Wildman–Crippen LogP) is 0.865. The van der Waals surface area contributed by atoms with Crippen LogP contribution in [0.4, 0.5) is 10.5 Å². The van der Waals surface area contributed by atoms with Gasteiger partial charge in [-0.3, -0.25) is 0 Å². The largest absolute Gasteiger partial charge is 0.495 e. The minimum Gasteiger partial charge on any atom is -0.495 e. The van der Waals surface area contributed by atoms with Crippen molar-refractivity contribution in [1.29, 1.82) is 0 Å². The van der Waals surface area contributed by atoms with Crippen molar-refractivity contribution in [1.82, 2.24) is 10.6 Å². The first-order valence-electron chi connectivity index (χ1n) is 6.23. The molecule has 1 aliphatic heterocycles. The maximum Gasteiger partial charge on any atom is 0.315 e. The monoisotopic (exact) mass is 265 g/mol. The summed E-state index contributed by atoms with van der Waals surface area (Å²) >= 11 is 0. The van der Waals surface area contributed by atoms with E-state index < -0.39 is 0 Å². The fourth-order valence-electron chi connectivity index (χ4n) is 1.96. The van der Waals surface area contributed by atoms with Crippen molar-refractivity contribution in [2.24, 2.45) is 0 Å². The highest BCUT2D eigenvalue weighted by atomic mass is 16.5. The molecule has 0 spiro atoms. The number of amides is 2. The zero-order valence-corrected chi connectivity index (χ0v) is 10.9. The molecule has 1 heterocycles. The number of ether oxygens (including phenoxy) is 2. The van der Waals surface area contributed by atoms with E-state index in [-0.39, 0.29) is 12.1 Å². The molecule has 0 aromatic heterocycles. The molecular weight excluding hydrogens is 246 g/mol. The molecule has 2 amide bonds. The Hall–Kier alpha value is -1.95. The molecule has 1 aromatic rings. The summed E-state index contributed by atoms with van der Waals surface area (Å²) in [5, 5.41) is 5.64. The van der Waals surface area contributed by atoms with Crippen molar-refractivity contribution in [2.75, 3.05) is 26.1 Å². The molecule has 1 atom stereocenters. The molecule has 1 aromatic carbocycles. The van der Waals surface area contributed by atoms with Crippen molar-refractivity contribution >= 4 is 11.7 Å². The zero-order chi connectivity index (χ0) is 13.7. The third-order valence-electron chi connectivity index (χ3n) is 3.01. The van der Waals surface area contributed by atoms with Gasteiger partial charge in [-0.1, -0.05) is 6.07 Å². The lowest BCUT2D eigenvalue weighted by Crippen LogP contribution is -2.42. The van der Waals surface area contributed by atoms with Crippen LogP contribution in [0.25, 0.3) is 0 Å². The standard InChI is InChI=1S/C13H19N3O3/c1-18-12-3-2-9(6-11(12)14)7-15-13(17)16-10-4-5-19-8-10/h2-3,6,10H,4-5,7-8,14H2,1H3,(H2,15,16,17). The average molecular weight is 265 g/mol. The van der Waals surface area contributed by atoms with Crippen LogP contribution in [0.3, 0.4) is 0 Å². The highest BCUT2D eigenvalue weighted by Gasteiger charge is 2.17. The molecule has 0 saturated carbocycles. The molecule has 1 unspecified atom stereocenters. The second kappa shape index (κ2) is 6.29. The van der Waals surface area contributed by atoms with Gasteiger partial charge in [-0.2, -0.15) is 0 Å². The molecule has 6 heteroatoms. The fraction of sp³-hybridized carbons (Fsp3) is 0.462. The Morgan fingerprint density at radius 1 is 1.58 bits per heavy atom. The van der Waals surface area contributed by atoms with Gasteiger partial charge < -0.3 is 25.8 Å². The molecule has 2 rings (SSSR count). The number of nitrogen functional groups attached to an aromatic ring is 1. The number of urea groups is 1. The maximum absolute atomic E-state index is 11.6. The molecule has 0 bridgehead atoms. The zero-order valence-electron chi connectivity index (χ0n) is 10.9.